The van der Waals surface area contributed by atoms with Crippen LogP contribution >= 0.6 is 11.3 Å². The van der Waals surface area contributed by atoms with Gasteiger partial charge in [0.15, 0.2) is 5.78 Å². The molecule has 3 heteroatoms. The molecule has 0 spiro atoms. The van der Waals surface area contributed by atoms with E-state index in [0.717, 1.165) is 43.3 Å². The minimum absolute atomic E-state index is 0.133. The Labute approximate surface area is 209 Å². The number of thiophene rings is 1. The van der Waals surface area contributed by atoms with Crippen LogP contribution in [-0.4, -0.2) is 5.78 Å². The number of rotatable bonds is 4. The van der Waals surface area contributed by atoms with Crippen LogP contribution in [0, 0.1) is 0 Å². The lowest BCUT2D eigenvalue weighted by Crippen LogP contribution is -2.16. The lowest BCUT2D eigenvalue weighted by molar-refractivity contribution is 0.103. The van der Waals surface area contributed by atoms with Gasteiger partial charge in [-0.3, -0.25) is 4.79 Å². The molecule has 0 bridgehead atoms. The molecule has 0 atom stereocenters. The third-order valence-electron chi connectivity index (χ3n) is 6.87. The van der Waals surface area contributed by atoms with Crippen molar-refractivity contribution in [2.45, 2.75) is 19.3 Å². The van der Waals surface area contributed by atoms with E-state index in [9.17, 15) is 4.79 Å². The van der Waals surface area contributed by atoms with E-state index in [1.165, 1.54) is 5.39 Å². The molecule has 1 aliphatic rings. The number of para-hydroxylation sites is 2. The maximum atomic E-state index is 13.6. The van der Waals surface area contributed by atoms with Gasteiger partial charge in [0, 0.05) is 32.8 Å². The molecule has 4 aromatic carbocycles. The molecule has 35 heavy (non-hydrogen) atoms. The zero-order chi connectivity index (χ0) is 24.0. The van der Waals surface area contributed by atoms with E-state index in [-0.39, 0.29) is 11.2 Å². The summed E-state index contributed by atoms with van der Waals surface area (Å²) in [5.41, 5.74) is 4.65. The Bertz CT molecular complexity index is 1540. The molecule has 170 valence electrons. The summed E-state index contributed by atoms with van der Waals surface area (Å²) >= 11 is 1.70. The van der Waals surface area contributed by atoms with E-state index in [1.807, 2.05) is 24.3 Å². The first kappa shape index (κ1) is 21.6. The van der Waals surface area contributed by atoms with Gasteiger partial charge in [-0.05, 0) is 70.9 Å². The van der Waals surface area contributed by atoms with Crippen molar-refractivity contribution in [1.29, 1.82) is 0 Å². The minimum Gasteiger partial charge on any atom is -0.302 e. The number of nitrogens with zero attached hydrogens (tertiary/aromatic N) is 1. The van der Waals surface area contributed by atoms with Crippen molar-refractivity contribution in [2.75, 3.05) is 4.90 Å². The summed E-state index contributed by atoms with van der Waals surface area (Å²) in [6.07, 6.45) is 2.09. The minimum atomic E-state index is -0.348. The van der Waals surface area contributed by atoms with Gasteiger partial charge in [-0.2, -0.15) is 0 Å². The Hall–Kier alpha value is -3.95. The maximum Gasteiger partial charge on any atom is 0.190 e. The molecular formula is C32H25NOS. The zero-order valence-electron chi connectivity index (χ0n) is 19.7. The molecule has 0 N–H and O–H groups in total. The summed E-state index contributed by atoms with van der Waals surface area (Å²) in [7, 11) is 0. The van der Waals surface area contributed by atoms with Crippen molar-refractivity contribution in [1.82, 2.24) is 0 Å². The van der Waals surface area contributed by atoms with Crippen LogP contribution in [0.15, 0.2) is 115 Å². The SMILES string of the molecule is CC1(C)/C(=C/c2ccc(N(c3ccccc3)c3ccccc3)s2)C(=O)c2cc3ccccc3cc21. The number of Topliss-reactive ketones (excluding diaryl/α,β-unsaturated/α-hetero) is 1. The van der Waals surface area contributed by atoms with Crippen molar-refractivity contribution in [3.8, 4) is 0 Å². The second kappa shape index (κ2) is 8.37. The van der Waals surface area contributed by atoms with E-state index in [1.54, 1.807) is 11.3 Å². The van der Waals surface area contributed by atoms with Gasteiger partial charge >= 0.3 is 0 Å². The van der Waals surface area contributed by atoms with Crippen LogP contribution in [-0.2, 0) is 5.41 Å². The first-order valence-corrected chi connectivity index (χ1v) is 12.6. The number of ketones is 1. The Morgan fingerprint density at radius 2 is 1.29 bits per heavy atom. The Balaban J connectivity index is 1.42. The monoisotopic (exact) mass is 471 g/mol. The Morgan fingerprint density at radius 3 is 1.91 bits per heavy atom. The number of hydrogen-bond donors (Lipinski definition) is 0. The maximum absolute atomic E-state index is 13.6. The smallest absolute Gasteiger partial charge is 0.190 e. The second-order valence-electron chi connectivity index (χ2n) is 9.44. The predicted molar refractivity (Wildman–Crippen MR) is 148 cm³/mol. The largest absolute Gasteiger partial charge is 0.302 e. The molecule has 6 rings (SSSR count). The molecule has 0 saturated carbocycles. The molecule has 5 aromatic rings. The molecule has 0 radical (unpaired) electrons. The highest BCUT2D eigenvalue weighted by Crippen LogP contribution is 2.46. The Kier molecular flexibility index (Phi) is 5.16. The van der Waals surface area contributed by atoms with Crippen LogP contribution in [0.3, 0.4) is 0 Å². The highest BCUT2D eigenvalue weighted by atomic mass is 32.1. The normalized spacial score (nSPS) is 15.5. The molecule has 1 aliphatic carbocycles. The third kappa shape index (κ3) is 3.69. The van der Waals surface area contributed by atoms with Crippen molar-refractivity contribution in [2.24, 2.45) is 0 Å². The van der Waals surface area contributed by atoms with Gasteiger partial charge < -0.3 is 4.90 Å². The van der Waals surface area contributed by atoms with Crippen molar-refractivity contribution >= 4 is 50.3 Å². The van der Waals surface area contributed by atoms with Crippen LogP contribution in [0.25, 0.3) is 16.8 Å². The van der Waals surface area contributed by atoms with Crippen LogP contribution in [0.5, 0.6) is 0 Å². The average Bonchev–Trinajstić information content (AvgIpc) is 3.41. The number of hydrogen-bond acceptors (Lipinski definition) is 3. The number of anilines is 3. The molecule has 0 aliphatic heterocycles. The van der Waals surface area contributed by atoms with Gasteiger partial charge in [0.25, 0.3) is 0 Å². The van der Waals surface area contributed by atoms with Gasteiger partial charge in [0.05, 0.1) is 0 Å². The first-order chi connectivity index (χ1) is 17.0. The van der Waals surface area contributed by atoms with Crippen LogP contribution in [0.2, 0.25) is 0 Å². The Morgan fingerprint density at radius 1 is 0.714 bits per heavy atom. The molecule has 0 unspecified atom stereocenters. The van der Waals surface area contributed by atoms with Gasteiger partial charge in [0.1, 0.15) is 5.00 Å². The fourth-order valence-corrected chi connectivity index (χ4v) is 6.00. The summed E-state index contributed by atoms with van der Waals surface area (Å²) in [5.74, 6) is 0.133. The van der Waals surface area contributed by atoms with E-state index in [4.69, 9.17) is 0 Å². The van der Waals surface area contributed by atoms with Crippen LogP contribution in [0.4, 0.5) is 16.4 Å². The van der Waals surface area contributed by atoms with Gasteiger partial charge in [-0.15, -0.1) is 11.3 Å². The molecule has 0 amide bonds. The number of allylic oxidation sites excluding steroid dienone is 1. The van der Waals surface area contributed by atoms with Crippen molar-refractivity contribution < 1.29 is 4.79 Å². The predicted octanol–water partition coefficient (Wildman–Crippen LogP) is 8.93. The van der Waals surface area contributed by atoms with E-state index < -0.39 is 0 Å². The molecule has 1 heterocycles. The average molecular weight is 472 g/mol. The number of carbonyl (C=O) groups excluding carboxylic acids is 1. The highest BCUT2D eigenvalue weighted by Gasteiger charge is 2.41. The highest BCUT2D eigenvalue weighted by molar-refractivity contribution is 7.17. The van der Waals surface area contributed by atoms with Gasteiger partial charge in [-0.25, -0.2) is 0 Å². The third-order valence-corrected chi connectivity index (χ3v) is 7.89. The van der Waals surface area contributed by atoms with Crippen molar-refractivity contribution in [3.63, 3.8) is 0 Å². The van der Waals surface area contributed by atoms with Crippen molar-refractivity contribution in [3.05, 3.63) is 131 Å². The quantitative estimate of drug-likeness (QED) is 0.244. The van der Waals surface area contributed by atoms with E-state index in [0.29, 0.717) is 0 Å². The lowest BCUT2D eigenvalue weighted by Gasteiger charge is -2.23. The lowest BCUT2D eigenvalue weighted by atomic mass is 9.82. The standard InChI is InChI=1S/C32H25NOS/c1-32(2)28-20-23-12-10-9-11-22(23)19-27(28)31(34)29(32)21-26-17-18-30(35-26)33(24-13-5-3-6-14-24)25-15-7-4-8-16-25/h3-21H,1-2H3/b29-21+. The molecule has 1 aromatic heterocycles. The summed E-state index contributed by atoms with van der Waals surface area (Å²) < 4.78 is 0. The summed E-state index contributed by atoms with van der Waals surface area (Å²) in [5, 5.41) is 3.39. The molecule has 0 saturated heterocycles. The number of carbonyl (C=O) groups is 1. The summed E-state index contributed by atoms with van der Waals surface area (Å²) in [6, 6.07) is 37.6. The summed E-state index contributed by atoms with van der Waals surface area (Å²) in [6.45, 7) is 4.32. The molecular weight excluding hydrogens is 446 g/mol. The van der Waals surface area contributed by atoms with E-state index >= 15 is 0 Å². The first-order valence-electron chi connectivity index (χ1n) is 11.8. The molecule has 0 fully saturated rings. The van der Waals surface area contributed by atoms with Crippen LogP contribution in [0.1, 0.15) is 34.6 Å². The summed E-state index contributed by atoms with van der Waals surface area (Å²) in [4.78, 5) is 16.9. The molecule has 2 nitrogen and oxygen atoms in total. The van der Waals surface area contributed by atoms with Gasteiger partial charge in [-0.1, -0.05) is 74.5 Å². The number of benzene rings is 4. The number of fused-ring (bicyclic) bond motifs is 2. The zero-order valence-corrected chi connectivity index (χ0v) is 20.5. The van der Waals surface area contributed by atoms with Gasteiger partial charge in [0.2, 0.25) is 0 Å². The second-order valence-corrected chi connectivity index (χ2v) is 10.5. The fraction of sp³-hybridized carbons (Fsp3) is 0.0938. The topological polar surface area (TPSA) is 20.3 Å². The van der Waals surface area contributed by atoms with Crippen LogP contribution < -0.4 is 4.90 Å². The van der Waals surface area contributed by atoms with E-state index in [2.05, 4.69) is 110 Å². The fourth-order valence-electron chi connectivity index (χ4n) is 5.01.